The molecule has 4 atom stereocenters. The van der Waals surface area contributed by atoms with E-state index in [1.54, 1.807) is 4.68 Å². The quantitative estimate of drug-likeness (QED) is 0.741. The van der Waals surface area contributed by atoms with Gasteiger partial charge in [0, 0.05) is 0 Å². The Morgan fingerprint density at radius 2 is 2.18 bits per heavy atom. The molecule has 2 fully saturated rings. The zero-order valence-electron chi connectivity index (χ0n) is 9.43. The van der Waals surface area contributed by atoms with Gasteiger partial charge in [0.2, 0.25) is 0 Å². The highest BCUT2D eigenvalue weighted by molar-refractivity contribution is 5.38. The van der Waals surface area contributed by atoms with E-state index in [4.69, 9.17) is 9.47 Å². The Morgan fingerprint density at radius 1 is 1.35 bits per heavy atom. The number of aliphatic hydroxyl groups is 1. The molecule has 7 heteroatoms. The van der Waals surface area contributed by atoms with Gasteiger partial charge in [-0.15, -0.1) is 5.10 Å². The van der Waals surface area contributed by atoms with E-state index in [1.165, 1.54) is 0 Å². The molecular formula is C10H14N4O3. The summed E-state index contributed by atoms with van der Waals surface area (Å²) in [5.74, 6) is 0.673. The number of tetrazole rings is 1. The van der Waals surface area contributed by atoms with Gasteiger partial charge in [-0.05, 0) is 23.4 Å². The highest BCUT2D eigenvalue weighted by atomic mass is 16.6. The van der Waals surface area contributed by atoms with Gasteiger partial charge in [-0.25, -0.2) is 4.68 Å². The third-order valence-corrected chi connectivity index (χ3v) is 3.15. The normalized spacial score (nSPS) is 36.8. The van der Waals surface area contributed by atoms with Crippen LogP contribution in [0, 0.1) is 0 Å². The second-order valence-corrected chi connectivity index (χ2v) is 4.21. The number of hydrogen-bond donors (Lipinski definition) is 1. The Morgan fingerprint density at radius 3 is 3.00 bits per heavy atom. The fourth-order valence-corrected chi connectivity index (χ4v) is 2.36. The molecule has 0 radical (unpaired) electrons. The first-order valence-corrected chi connectivity index (χ1v) is 5.63. The van der Waals surface area contributed by atoms with Crippen LogP contribution in [0.2, 0.25) is 0 Å². The molecule has 0 amide bonds. The number of nitrogens with zero attached hydrogens (tertiary/aromatic N) is 4. The lowest BCUT2D eigenvalue weighted by Gasteiger charge is -2.15. The van der Waals surface area contributed by atoms with Gasteiger partial charge in [-0.3, -0.25) is 0 Å². The van der Waals surface area contributed by atoms with Crippen molar-refractivity contribution in [3.05, 3.63) is 11.9 Å². The average molecular weight is 238 g/mol. The van der Waals surface area contributed by atoms with E-state index >= 15 is 0 Å². The lowest BCUT2D eigenvalue weighted by Crippen LogP contribution is -2.30. The maximum absolute atomic E-state index is 9.66. The molecule has 92 valence electrons. The van der Waals surface area contributed by atoms with E-state index in [2.05, 4.69) is 15.5 Å². The van der Waals surface area contributed by atoms with Crippen LogP contribution in [0.15, 0.2) is 6.08 Å². The summed E-state index contributed by atoms with van der Waals surface area (Å²) >= 11 is 0. The van der Waals surface area contributed by atoms with Crippen molar-refractivity contribution in [2.24, 2.45) is 0 Å². The van der Waals surface area contributed by atoms with Gasteiger partial charge in [0.15, 0.2) is 5.82 Å². The molecule has 0 aliphatic carbocycles. The number of fused-ring (bicyclic) bond motifs is 1. The third kappa shape index (κ3) is 1.67. The minimum absolute atomic E-state index is 0.0710. The predicted molar refractivity (Wildman–Crippen MR) is 57.0 cm³/mol. The molecule has 2 saturated heterocycles. The molecule has 1 N–H and O–H groups in total. The summed E-state index contributed by atoms with van der Waals surface area (Å²) in [6.45, 7) is 2.68. The molecule has 3 heterocycles. The number of ether oxygens (including phenoxy) is 2. The van der Waals surface area contributed by atoms with E-state index in [0.29, 0.717) is 19.0 Å². The second kappa shape index (κ2) is 4.17. The van der Waals surface area contributed by atoms with Gasteiger partial charge >= 0.3 is 0 Å². The molecule has 2 aliphatic rings. The zero-order valence-corrected chi connectivity index (χ0v) is 9.43. The van der Waals surface area contributed by atoms with Gasteiger partial charge in [-0.2, -0.15) is 0 Å². The summed E-state index contributed by atoms with van der Waals surface area (Å²) in [7, 11) is 0. The first-order chi connectivity index (χ1) is 8.31. The number of aliphatic hydroxyl groups excluding tert-OH is 1. The van der Waals surface area contributed by atoms with Gasteiger partial charge in [0.25, 0.3) is 0 Å². The topological polar surface area (TPSA) is 82.3 Å². The van der Waals surface area contributed by atoms with Crippen LogP contribution in [0.5, 0.6) is 0 Å². The molecule has 0 unspecified atom stereocenters. The van der Waals surface area contributed by atoms with Crippen molar-refractivity contribution in [3.63, 3.8) is 0 Å². The summed E-state index contributed by atoms with van der Waals surface area (Å²) in [6, 6.07) is -0.0710. The Labute approximate surface area is 98.0 Å². The smallest absolute Gasteiger partial charge is 0.174 e. The lowest BCUT2D eigenvalue weighted by molar-refractivity contribution is 0.0169. The highest BCUT2D eigenvalue weighted by Crippen LogP contribution is 2.34. The van der Waals surface area contributed by atoms with E-state index in [0.717, 1.165) is 0 Å². The van der Waals surface area contributed by atoms with E-state index in [-0.39, 0.29) is 18.2 Å². The SMILES string of the molecule is CC=Cc1nnnn1[C@@H]1CO[C@@H]2[C@@H]1OC[C@H]2O. The summed E-state index contributed by atoms with van der Waals surface area (Å²) in [6.07, 6.45) is 2.73. The van der Waals surface area contributed by atoms with Crippen molar-refractivity contribution in [3.8, 4) is 0 Å². The highest BCUT2D eigenvalue weighted by Gasteiger charge is 2.48. The molecule has 2 aliphatic heterocycles. The van der Waals surface area contributed by atoms with Crippen LogP contribution >= 0.6 is 0 Å². The monoisotopic (exact) mass is 238 g/mol. The third-order valence-electron chi connectivity index (χ3n) is 3.15. The maximum atomic E-state index is 9.66. The maximum Gasteiger partial charge on any atom is 0.174 e. The minimum Gasteiger partial charge on any atom is -0.388 e. The zero-order chi connectivity index (χ0) is 11.8. The summed E-state index contributed by atoms with van der Waals surface area (Å²) < 4.78 is 12.8. The molecule has 0 spiro atoms. The fraction of sp³-hybridized carbons (Fsp3) is 0.700. The molecule has 1 aromatic rings. The van der Waals surface area contributed by atoms with Gasteiger partial charge in [-0.1, -0.05) is 6.08 Å². The summed E-state index contributed by atoms with van der Waals surface area (Å²) in [5, 5.41) is 21.2. The van der Waals surface area contributed by atoms with E-state index in [1.807, 2.05) is 19.1 Å². The molecule has 0 saturated carbocycles. The van der Waals surface area contributed by atoms with Crippen LogP contribution in [0.25, 0.3) is 6.08 Å². The van der Waals surface area contributed by atoms with Crippen molar-refractivity contribution in [2.75, 3.05) is 13.2 Å². The summed E-state index contributed by atoms with van der Waals surface area (Å²) in [5.41, 5.74) is 0. The number of hydrogen-bond acceptors (Lipinski definition) is 6. The Kier molecular flexibility index (Phi) is 2.65. The van der Waals surface area contributed by atoms with E-state index < -0.39 is 6.10 Å². The van der Waals surface area contributed by atoms with Crippen LogP contribution in [0.3, 0.4) is 0 Å². The standard InChI is InChI=1S/C10H14N4O3/c1-2-3-8-11-12-13-14(8)6-4-16-10-7(15)5-17-9(6)10/h2-3,6-7,9-10,15H,4-5H2,1H3/t6-,7-,9-,10+/m1/s1. The molecule has 0 aromatic carbocycles. The Bertz CT molecular complexity index is 433. The van der Waals surface area contributed by atoms with Crippen molar-refractivity contribution in [1.29, 1.82) is 0 Å². The van der Waals surface area contributed by atoms with Crippen molar-refractivity contribution >= 4 is 6.08 Å². The molecule has 17 heavy (non-hydrogen) atoms. The molecule has 1 aromatic heterocycles. The first-order valence-electron chi connectivity index (χ1n) is 5.63. The van der Waals surface area contributed by atoms with Crippen LogP contribution in [0.4, 0.5) is 0 Å². The van der Waals surface area contributed by atoms with Crippen molar-refractivity contribution < 1.29 is 14.6 Å². The average Bonchev–Trinajstić information content (AvgIpc) is 2.97. The Balaban J connectivity index is 1.87. The van der Waals surface area contributed by atoms with Crippen LogP contribution in [-0.2, 0) is 9.47 Å². The van der Waals surface area contributed by atoms with Crippen molar-refractivity contribution in [2.45, 2.75) is 31.3 Å². The van der Waals surface area contributed by atoms with Gasteiger partial charge in [0.05, 0.1) is 13.2 Å². The molecular weight excluding hydrogens is 224 g/mol. The molecule has 0 bridgehead atoms. The lowest BCUT2D eigenvalue weighted by atomic mass is 10.1. The number of allylic oxidation sites excluding steroid dienone is 1. The minimum atomic E-state index is -0.549. The molecule has 7 nitrogen and oxygen atoms in total. The van der Waals surface area contributed by atoms with Gasteiger partial charge in [0.1, 0.15) is 24.4 Å². The van der Waals surface area contributed by atoms with E-state index in [9.17, 15) is 5.11 Å². The molecule has 3 rings (SSSR count). The fourth-order valence-electron chi connectivity index (χ4n) is 2.36. The first kappa shape index (κ1) is 10.8. The second-order valence-electron chi connectivity index (χ2n) is 4.21. The van der Waals surface area contributed by atoms with Crippen LogP contribution < -0.4 is 0 Å². The van der Waals surface area contributed by atoms with Crippen molar-refractivity contribution in [1.82, 2.24) is 20.2 Å². The summed E-state index contributed by atoms with van der Waals surface area (Å²) in [4.78, 5) is 0. The number of aromatic nitrogens is 4. The van der Waals surface area contributed by atoms with Crippen LogP contribution in [0.1, 0.15) is 18.8 Å². The Hall–Kier alpha value is -1.31. The van der Waals surface area contributed by atoms with Gasteiger partial charge < -0.3 is 14.6 Å². The predicted octanol–water partition coefficient (Wildman–Crippen LogP) is -0.594. The van der Waals surface area contributed by atoms with Crippen LogP contribution in [-0.4, -0.2) is 56.8 Å². The number of rotatable bonds is 2. The largest absolute Gasteiger partial charge is 0.388 e.